The van der Waals surface area contributed by atoms with E-state index in [0.717, 1.165) is 12.1 Å². The molecule has 0 atom stereocenters. The SMILES string of the molecule is C=Nc1cc(Oc2cccc(C(F)(F)F)c2)cc2c1OCO2. The number of hydrogen-bond donors (Lipinski definition) is 0. The molecule has 0 N–H and O–H groups in total. The second-order valence-corrected chi connectivity index (χ2v) is 4.46. The summed E-state index contributed by atoms with van der Waals surface area (Å²) in [6.07, 6.45) is -4.43. The van der Waals surface area contributed by atoms with E-state index in [2.05, 4.69) is 11.7 Å². The number of halogens is 3. The van der Waals surface area contributed by atoms with Crippen LogP contribution in [-0.2, 0) is 6.18 Å². The fraction of sp³-hybridized carbons (Fsp3) is 0.133. The second kappa shape index (κ2) is 5.25. The molecule has 0 aromatic heterocycles. The van der Waals surface area contributed by atoms with E-state index in [4.69, 9.17) is 14.2 Å². The first-order chi connectivity index (χ1) is 10.5. The molecular weight excluding hydrogens is 299 g/mol. The van der Waals surface area contributed by atoms with Crippen molar-refractivity contribution >= 4 is 12.4 Å². The van der Waals surface area contributed by atoms with Crippen LogP contribution in [0.25, 0.3) is 0 Å². The summed E-state index contributed by atoms with van der Waals surface area (Å²) in [4.78, 5) is 3.79. The van der Waals surface area contributed by atoms with Gasteiger partial charge in [0.2, 0.25) is 6.79 Å². The predicted octanol–water partition coefficient (Wildman–Crippen LogP) is 4.56. The van der Waals surface area contributed by atoms with Crippen LogP contribution in [0.4, 0.5) is 18.9 Å². The van der Waals surface area contributed by atoms with E-state index in [0.29, 0.717) is 17.2 Å². The Kier molecular flexibility index (Phi) is 3.40. The van der Waals surface area contributed by atoms with Crippen molar-refractivity contribution in [1.82, 2.24) is 0 Å². The highest BCUT2D eigenvalue weighted by Gasteiger charge is 2.30. The first kappa shape index (κ1) is 14.2. The molecular formula is C15H10F3NO3. The van der Waals surface area contributed by atoms with Gasteiger partial charge in [0, 0.05) is 12.1 Å². The molecule has 4 nitrogen and oxygen atoms in total. The summed E-state index contributed by atoms with van der Waals surface area (Å²) in [5.41, 5.74) is -0.384. The monoisotopic (exact) mass is 309 g/mol. The van der Waals surface area contributed by atoms with Crippen molar-refractivity contribution in [2.45, 2.75) is 6.18 Å². The summed E-state index contributed by atoms with van der Waals surface area (Å²) < 4.78 is 54.0. The van der Waals surface area contributed by atoms with Gasteiger partial charge in [-0.05, 0) is 24.9 Å². The smallest absolute Gasteiger partial charge is 0.416 e. The topological polar surface area (TPSA) is 40.0 Å². The lowest BCUT2D eigenvalue weighted by atomic mass is 10.2. The zero-order valence-corrected chi connectivity index (χ0v) is 11.2. The van der Waals surface area contributed by atoms with Gasteiger partial charge in [-0.2, -0.15) is 13.2 Å². The molecule has 0 saturated heterocycles. The second-order valence-electron chi connectivity index (χ2n) is 4.46. The van der Waals surface area contributed by atoms with Crippen molar-refractivity contribution in [3.05, 3.63) is 42.0 Å². The lowest BCUT2D eigenvalue weighted by molar-refractivity contribution is -0.137. The summed E-state index contributed by atoms with van der Waals surface area (Å²) in [5.74, 6) is 1.19. The maximum absolute atomic E-state index is 12.7. The Labute approximate surface area is 123 Å². The number of ether oxygens (including phenoxy) is 3. The number of alkyl halides is 3. The third kappa shape index (κ3) is 2.69. The number of nitrogens with zero attached hydrogens (tertiary/aromatic N) is 1. The molecule has 1 aliphatic heterocycles. The van der Waals surface area contributed by atoms with Crippen molar-refractivity contribution in [3.63, 3.8) is 0 Å². The fourth-order valence-electron chi connectivity index (χ4n) is 2.02. The summed E-state index contributed by atoms with van der Waals surface area (Å²) in [7, 11) is 0. The fourth-order valence-corrected chi connectivity index (χ4v) is 2.02. The summed E-state index contributed by atoms with van der Waals surface area (Å²) in [6.45, 7) is 3.46. The molecule has 7 heteroatoms. The summed E-state index contributed by atoms with van der Waals surface area (Å²) in [5, 5.41) is 0. The molecule has 1 heterocycles. The molecule has 3 rings (SSSR count). The van der Waals surface area contributed by atoms with Crippen molar-refractivity contribution in [1.29, 1.82) is 0 Å². The zero-order chi connectivity index (χ0) is 15.7. The van der Waals surface area contributed by atoms with Crippen LogP contribution in [0.3, 0.4) is 0 Å². The molecule has 22 heavy (non-hydrogen) atoms. The Balaban J connectivity index is 1.92. The predicted molar refractivity (Wildman–Crippen MR) is 73.3 cm³/mol. The summed E-state index contributed by atoms with van der Waals surface area (Å²) in [6, 6.07) is 7.64. The molecule has 0 amide bonds. The van der Waals surface area contributed by atoms with Gasteiger partial charge in [0.15, 0.2) is 11.5 Å². The Hall–Kier alpha value is -2.70. The van der Waals surface area contributed by atoms with Crippen molar-refractivity contribution in [3.8, 4) is 23.0 Å². The standard InChI is InChI=1S/C15H10F3NO3/c1-19-12-6-11(7-13-14(12)21-8-20-13)22-10-4-2-3-9(5-10)15(16,17)18/h2-7H,1,8H2. The zero-order valence-electron chi connectivity index (χ0n) is 11.2. The Morgan fingerprint density at radius 1 is 1.09 bits per heavy atom. The maximum atomic E-state index is 12.7. The number of fused-ring (bicyclic) bond motifs is 1. The molecule has 0 unspecified atom stereocenters. The minimum atomic E-state index is -4.43. The van der Waals surface area contributed by atoms with Gasteiger partial charge in [0.1, 0.15) is 17.2 Å². The normalized spacial score (nSPS) is 13.0. The van der Waals surface area contributed by atoms with Crippen molar-refractivity contribution < 1.29 is 27.4 Å². The first-order valence-electron chi connectivity index (χ1n) is 6.23. The average molecular weight is 309 g/mol. The van der Waals surface area contributed by atoms with Crippen LogP contribution in [-0.4, -0.2) is 13.5 Å². The molecule has 114 valence electrons. The number of benzene rings is 2. The molecule has 0 radical (unpaired) electrons. The van der Waals surface area contributed by atoms with Gasteiger partial charge in [-0.3, -0.25) is 4.99 Å². The molecule has 0 aliphatic carbocycles. The quantitative estimate of drug-likeness (QED) is 0.780. The molecule has 0 saturated carbocycles. The lowest BCUT2D eigenvalue weighted by Gasteiger charge is -2.11. The van der Waals surface area contributed by atoms with Gasteiger partial charge in [0.05, 0.1) is 5.56 Å². The highest BCUT2D eigenvalue weighted by Crippen LogP contribution is 2.45. The van der Waals surface area contributed by atoms with Gasteiger partial charge in [-0.15, -0.1) is 0 Å². The van der Waals surface area contributed by atoms with E-state index in [1.54, 1.807) is 0 Å². The molecule has 1 aliphatic rings. The van der Waals surface area contributed by atoms with E-state index < -0.39 is 11.7 Å². The van der Waals surface area contributed by atoms with Crippen molar-refractivity contribution in [2.75, 3.05) is 6.79 Å². The lowest BCUT2D eigenvalue weighted by Crippen LogP contribution is -2.04. The van der Waals surface area contributed by atoms with E-state index in [-0.39, 0.29) is 18.3 Å². The van der Waals surface area contributed by atoms with Crippen molar-refractivity contribution in [2.24, 2.45) is 4.99 Å². The van der Waals surface area contributed by atoms with Gasteiger partial charge in [0.25, 0.3) is 0 Å². The van der Waals surface area contributed by atoms with Crippen LogP contribution in [0.15, 0.2) is 41.4 Å². The van der Waals surface area contributed by atoms with Crippen LogP contribution < -0.4 is 14.2 Å². The third-order valence-corrected chi connectivity index (χ3v) is 2.99. The Morgan fingerprint density at radius 3 is 2.64 bits per heavy atom. The highest BCUT2D eigenvalue weighted by molar-refractivity contribution is 5.66. The number of rotatable bonds is 3. The van der Waals surface area contributed by atoms with Gasteiger partial charge < -0.3 is 14.2 Å². The molecule has 2 aromatic carbocycles. The largest absolute Gasteiger partial charge is 0.457 e. The van der Waals surface area contributed by atoms with E-state index in [1.807, 2.05) is 0 Å². The number of aliphatic imine (C=N–C) groups is 1. The van der Waals surface area contributed by atoms with E-state index in [9.17, 15) is 13.2 Å². The van der Waals surface area contributed by atoms with E-state index >= 15 is 0 Å². The average Bonchev–Trinajstić information content (AvgIpc) is 2.94. The molecule has 0 spiro atoms. The molecule has 2 aromatic rings. The van der Waals surface area contributed by atoms with Crippen LogP contribution >= 0.6 is 0 Å². The highest BCUT2D eigenvalue weighted by atomic mass is 19.4. The minimum Gasteiger partial charge on any atom is -0.457 e. The van der Waals surface area contributed by atoms with E-state index in [1.165, 1.54) is 24.3 Å². The minimum absolute atomic E-state index is 0.0465. The molecule has 0 bridgehead atoms. The van der Waals surface area contributed by atoms with Crippen LogP contribution in [0.1, 0.15) is 5.56 Å². The van der Waals surface area contributed by atoms with Gasteiger partial charge >= 0.3 is 6.18 Å². The first-order valence-corrected chi connectivity index (χ1v) is 6.23. The molecule has 0 fully saturated rings. The van der Waals surface area contributed by atoms with Crippen LogP contribution in [0, 0.1) is 0 Å². The van der Waals surface area contributed by atoms with Gasteiger partial charge in [-0.1, -0.05) is 6.07 Å². The van der Waals surface area contributed by atoms with Crippen LogP contribution in [0.2, 0.25) is 0 Å². The van der Waals surface area contributed by atoms with Crippen LogP contribution in [0.5, 0.6) is 23.0 Å². The maximum Gasteiger partial charge on any atom is 0.416 e. The Morgan fingerprint density at radius 2 is 1.91 bits per heavy atom. The van der Waals surface area contributed by atoms with Gasteiger partial charge in [-0.25, -0.2) is 0 Å². The third-order valence-electron chi connectivity index (χ3n) is 2.99. The Bertz CT molecular complexity index is 728. The number of hydrogen-bond acceptors (Lipinski definition) is 4. The summed E-state index contributed by atoms with van der Waals surface area (Å²) >= 11 is 0.